The molecular formula is C14H23N3O2. The molecule has 1 saturated carbocycles. The van der Waals surface area contributed by atoms with Crippen LogP contribution in [-0.2, 0) is 11.3 Å². The Labute approximate surface area is 114 Å². The van der Waals surface area contributed by atoms with Crippen LogP contribution in [0.25, 0.3) is 0 Å². The minimum atomic E-state index is -0.331. The fourth-order valence-electron chi connectivity index (χ4n) is 2.85. The monoisotopic (exact) mass is 265 g/mol. The molecule has 0 bridgehead atoms. The number of aryl methyl sites for hydroxylation is 1. The average Bonchev–Trinajstić information content (AvgIpc) is 2.80. The van der Waals surface area contributed by atoms with E-state index in [0.29, 0.717) is 23.8 Å². The lowest BCUT2D eigenvalue weighted by atomic mass is 9.85. The summed E-state index contributed by atoms with van der Waals surface area (Å²) in [6.07, 6.45) is 7.09. The Hall–Kier alpha value is -1.52. The Balaban J connectivity index is 2.09. The zero-order valence-electron chi connectivity index (χ0n) is 11.8. The maximum absolute atomic E-state index is 12.3. The molecule has 0 saturated heterocycles. The van der Waals surface area contributed by atoms with Gasteiger partial charge in [-0.1, -0.05) is 13.3 Å². The van der Waals surface area contributed by atoms with E-state index in [9.17, 15) is 4.79 Å². The first-order valence-electron chi connectivity index (χ1n) is 7.19. The molecule has 0 aliphatic heterocycles. The number of aromatic nitrogens is 2. The number of rotatable bonds is 4. The quantitative estimate of drug-likeness (QED) is 0.849. The van der Waals surface area contributed by atoms with Crippen molar-refractivity contribution in [2.75, 3.05) is 5.73 Å². The molecule has 19 heavy (non-hydrogen) atoms. The highest BCUT2D eigenvalue weighted by Crippen LogP contribution is 2.30. The van der Waals surface area contributed by atoms with Crippen molar-refractivity contribution < 1.29 is 9.53 Å². The first kappa shape index (κ1) is 13.9. The van der Waals surface area contributed by atoms with Gasteiger partial charge in [0, 0.05) is 6.54 Å². The maximum Gasteiger partial charge on any atom is 0.359 e. The smallest absolute Gasteiger partial charge is 0.359 e. The number of nitrogens with two attached hydrogens (primary N) is 1. The van der Waals surface area contributed by atoms with Gasteiger partial charge in [-0.3, -0.25) is 4.68 Å². The number of ether oxygens (including phenoxy) is 1. The zero-order chi connectivity index (χ0) is 13.8. The van der Waals surface area contributed by atoms with Crippen molar-refractivity contribution in [3.63, 3.8) is 0 Å². The van der Waals surface area contributed by atoms with Gasteiger partial charge < -0.3 is 10.5 Å². The minimum Gasteiger partial charge on any atom is -0.457 e. The van der Waals surface area contributed by atoms with Crippen LogP contribution in [0.15, 0.2) is 6.20 Å². The van der Waals surface area contributed by atoms with Crippen molar-refractivity contribution in [1.82, 2.24) is 9.78 Å². The molecule has 2 N–H and O–H groups in total. The number of nitrogen functional groups attached to an aromatic ring is 1. The molecule has 0 radical (unpaired) electrons. The molecule has 5 nitrogen and oxygen atoms in total. The second kappa shape index (κ2) is 6.08. The van der Waals surface area contributed by atoms with E-state index in [1.54, 1.807) is 4.68 Å². The summed E-state index contributed by atoms with van der Waals surface area (Å²) in [7, 11) is 0. The number of carbonyl (C=O) groups is 1. The molecule has 5 heteroatoms. The standard InChI is InChI=1S/C14H23N3O2/c1-3-10-7-5-6-8-12(10)19-14(18)13-11(15)9-16-17(13)4-2/h9-10,12H,3-8,15H2,1-2H3. The van der Waals surface area contributed by atoms with Crippen LogP contribution in [0.1, 0.15) is 56.4 Å². The van der Waals surface area contributed by atoms with Gasteiger partial charge in [0.05, 0.1) is 11.9 Å². The highest BCUT2D eigenvalue weighted by Gasteiger charge is 2.29. The average molecular weight is 265 g/mol. The molecule has 0 aromatic carbocycles. The number of carbonyl (C=O) groups excluding carboxylic acids is 1. The molecule has 2 unspecified atom stereocenters. The molecule has 2 rings (SSSR count). The molecule has 1 aliphatic rings. The summed E-state index contributed by atoms with van der Waals surface area (Å²) in [6.45, 7) is 4.70. The van der Waals surface area contributed by atoms with Crippen molar-refractivity contribution in [3.8, 4) is 0 Å². The topological polar surface area (TPSA) is 70.1 Å². The normalized spacial score (nSPS) is 23.3. The predicted octanol–water partition coefficient (Wildman–Crippen LogP) is 2.61. The summed E-state index contributed by atoms with van der Waals surface area (Å²) < 4.78 is 7.28. The number of hydrogen-bond acceptors (Lipinski definition) is 4. The molecule has 106 valence electrons. The van der Waals surface area contributed by atoms with Gasteiger partial charge in [-0.05, 0) is 38.5 Å². The van der Waals surface area contributed by atoms with E-state index in [0.717, 1.165) is 25.7 Å². The highest BCUT2D eigenvalue weighted by atomic mass is 16.5. The van der Waals surface area contributed by atoms with E-state index in [1.165, 1.54) is 12.6 Å². The number of esters is 1. The lowest BCUT2D eigenvalue weighted by Crippen LogP contribution is -2.30. The van der Waals surface area contributed by atoms with Gasteiger partial charge in [0.1, 0.15) is 6.10 Å². The first-order valence-corrected chi connectivity index (χ1v) is 7.19. The summed E-state index contributed by atoms with van der Waals surface area (Å²) in [5, 5.41) is 4.08. The molecule has 0 spiro atoms. The van der Waals surface area contributed by atoms with Gasteiger partial charge in [0.25, 0.3) is 0 Å². The van der Waals surface area contributed by atoms with Crippen molar-refractivity contribution in [2.24, 2.45) is 5.92 Å². The predicted molar refractivity (Wildman–Crippen MR) is 73.8 cm³/mol. The highest BCUT2D eigenvalue weighted by molar-refractivity contribution is 5.93. The number of anilines is 1. The van der Waals surface area contributed by atoms with Crippen LogP contribution in [-0.4, -0.2) is 21.9 Å². The van der Waals surface area contributed by atoms with E-state index < -0.39 is 0 Å². The largest absolute Gasteiger partial charge is 0.457 e. The van der Waals surface area contributed by atoms with Crippen LogP contribution in [0.2, 0.25) is 0 Å². The lowest BCUT2D eigenvalue weighted by molar-refractivity contribution is -0.000355. The van der Waals surface area contributed by atoms with Crippen LogP contribution < -0.4 is 5.73 Å². The number of hydrogen-bond donors (Lipinski definition) is 1. The van der Waals surface area contributed by atoms with Crippen molar-refractivity contribution in [2.45, 2.75) is 58.6 Å². The summed E-state index contributed by atoms with van der Waals surface area (Å²) in [4.78, 5) is 12.3. The van der Waals surface area contributed by atoms with E-state index in [2.05, 4.69) is 12.0 Å². The van der Waals surface area contributed by atoms with Crippen molar-refractivity contribution in [1.29, 1.82) is 0 Å². The minimum absolute atomic E-state index is 0.0332. The fourth-order valence-corrected chi connectivity index (χ4v) is 2.85. The summed E-state index contributed by atoms with van der Waals surface area (Å²) in [6, 6.07) is 0. The number of nitrogens with zero attached hydrogens (tertiary/aromatic N) is 2. The van der Waals surface area contributed by atoms with Crippen LogP contribution >= 0.6 is 0 Å². The van der Waals surface area contributed by atoms with Gasteiger partial charge in [0.15, 0.2) is 5.69 Å². The lowest BCUT2D eigenvalue weighted by Gasteiger charge is -2.30. The van der Waals surface area contributed by atoms with Gasteiger partial charge in [-0.2, -0.15) is 5.10 Å². The van der Waals surface area contributed by atoms with E-state index in [1.807, 2.05) is 6.92 Å². The van der Waals surface area contributed by atoms with Crippen LogP contribution in [0.5, 0.6) is 0 Å². The Kier molecular flexibility index (Phi) is 4.45. The Morgan fingerprint density at radius 3 is 2.89 bits per heavy atom. The van der Waals surface area contributed by atoms with Crippen molar-refractivity contribution in [3.05, 3.63) is 11.9 Å². The Morgan fingerprint density at radius 1 is 1.47 bits per heavy atom. The molecule has 1 fully saturated rings. The van der Waals surface area contributed by atoms with Crippen LogP contribution in [0, 0.1) is 5.92 Å². The maximum atomic E-state index is 12.3. The van der Waals surface area contributed by atoms with Crippen molar-refractivity contribution >= 4 is 11.7 Å². The molecule has 2 atom stereocenters. The van der Waals surface area contributed by atoms with E-state index >= 15 is 0 Å². The third-order valence-corrected chi connectivity index (χ3v) is 3.98. The second-order valence-corrected chi connectivity index (χ2v) is 5.16. The fraction of sp³-hybridized carbons (Fsp3) is 0.714. The molecule has 0 amide bonds. The SMILES string of the molecule is CCC1CCCCC1OC(=O)c1c(N)cnn1CC. The first-order chi connectivity index (χ1) is 9.17. The summed E-state index contributed by atoms with van der Waals surface area (Å²) >= 11 is 0. The molecule has 1 heterocycles. The summed E-state index contributed by atoms with van der Waals surface area (Å²) in [5.74, 6) is 0.152. The summed E-state index contributed by atoms with van der Waals surface area (Å²) in [5.41, 5.74) is 6.60. The third kappa shape index (κ3) is 2.91. The van der Waals surface area contributed by atoms with Crippen LogP contribution in [0.4, 0.5) is 5.69 Å². The van der Waals surface area contributed by atoms with E-state index in [4.69, 9.17) is 10.5 Å². The van der Waals surface area contributed by atoms with Gasteiger partial charge in [0.2, 0.25) is 0 Å². The molecule has 1 aromatic heterocycles. The van der Waals surface area contributed by atoms with Gasteiger partial charge in [-0.25, -0.2) is 4.79 Å². The van der Waals surface area contributed by atoms with E-state index in [-0.39, 0.29) is 12.1 Å². The second-order valence-electron chi connectivity index (χ2n) is 5.16. The molecule has 1 aliphatic carbocycles. The van der Waals surface area contributed by atoms with Crippen LogP contribution in [0.3, 0.4) is 0 Å². The third-order valence-electron chi connectivity index (χ3n) is 3.98. The molecular weight excluding hydrogens is 242 g/mol. The Bertz CT molecular complexity index is 442. The van der Waals surface area contributed by atoms with Gasteiger partial charge in [-0.15, -0.1) is 0 Å². The Morgan fingerprint density at radius 2 is 2.21 bits per heavy atom. The zero-order valence-corrected chi connectivity index (χ0v) is 11.8. The molecule has 1 aromatic rings. The van der Waals surface area contributed by atoms with Gasteiger partial charge >= 0.3 is 5.97 Å².